The number of rotatable bonds is 5. The highest BCUT2D eigenvalue weighted by molar-refractivity contribution is 5.80. The molecule has 6 nitrogen and oxygen atoms in total. The fraction of sp³-hybridized carbons (Fsp3) is 0.500. The number of aliphatic carboxylic acids is 1. The first-order valence-corrected chi connectivity index (χ1v) is 4.92. The van der Waals surface area contributed by atoms with E-state index in [1.807, 2.05) is 0 Å². The first-order chi connectivity index (χ1) is 7.49. The van der Waals surface area contributed by atoms with Gasteiger partial charge in [-0.1, -0.05) is 0 Å². The summed E-state index contributed by atoms with van der Waals surface area (Å²) in [5.41, 5.74) is 0. The van der Waals surface area contributed by atoms with Gasteiger partial charge in [0.15, 0.2) is 0 Å². The predicted octanol–water partition coefficient (Wildman–Crippen LogP) is 1.03. The Kier molecular flexibility index (Phi) is 4.04. The molecule has 0 spiro atoms. The van der Waals surface area contributed by atoms with E-state index in [9.17, 15) is 9.59 Å². The van der Waals surface area contributed by atoms with Gasteiger partial charge in [-0.3, -0.25) is 9.59 Å². The topological polar surface area (TPSA) is 92.4 Å². The molecule has 0 saturated heterocycles. The van der Waals surface area contributed by atoms with E-state index >= 15 is 0 Å². The maximum atomic E-state index is 11.3. The molecule has 0 aliphatic carbocycles. The molecule has 1 rings (SSSR count). The van der Waals surface area contributed by atoms with Crippen molar-refractivity contribution < 1.29 is 19.1 Å². The third-order valence-electron chi connectivity index (χ3n) is 1.95. The molecule has 0 saturated carbocycles. The minimum absolute atomic E-state index is 0.0423. The smallest absolute Gasteiger partial charge is 0.303 e. The molecule has 16 heavy (non-hydrogen) atoms. The zero-order valence-electron chi connectivity index (χ0n) is 9.19. The number of aryl methyl sites for hydroxylation is 1. The van der Waals surface area contributed by atoms with Gasteiger partial charge in [-0.05, 0) is 13.8 Å². The molecule has 1 heterocycles. The van der Waals surface area contributed by atoms with Crippen molar-refractivity contribution in [3.63, 3.8) is 0 Å². The molecular formula is C10H14N2O4. The largest absolute Gasteiger partial charge is 0.481 e. The molecule has 2 N–H and O–H groups in total. The van der Waals surface area contributed by atoms with Crippen molar-refractivity contribution >= 4 is 11.9 Å². The standard InChI is InChI=1S/C10H14N2O4/c1-6-5-11-10(16-6)7(2)12-8(13)3-4-9(14)15/h5,7H,3-4H2,1-2H3,(H,12,13)(H,14,15). The first kappa shape index (κ1) is 12.2. The molecule has 1 aromatic rings. The molecule has 1 atom stereocenters. The molecule has 0 bridgehead atoms. The van der Waals surface area contributed by atoms with Gasteiger partial charge < -0.3 is 14.8 Å². The zero-order valence-corrected chi connectivity index (χ0v) is 9.19. The van der Waals surface area contributed by atoms with E-state index < -0.39 is 5.97 Å². The Balaban J connectivity index is 2.42. The highest BCUT2D eigenvalue weighted by Crippen LogP contribution is 2.11. The summed E-state index contributed by atoms with van der Waals surface area (Å²) in [6, 6.07) is -0.352. The molecule has 0 aromatic carbocycles. The summed E-state index contributed by atoms with van der Waals surface area (Å²) in [4.78, 5) is 25.5. The minimum atomic E-state index is -0.991. The van der Waals surface area contributed by atoms with Crippen LogP contribution in [0.4, 0.5) is 0 Å². The van der Waals surface area contributed by atoms with Gasteiger partial charge in [0.1, 0.15) is 11.8 Å². The number of carbonyl (C=O) groups is 2. The van der Waals surface area contributed by atoms with Crippen molar-refractivity contribution in [2.24, 2.45) is 0 Å². The van der Waals surface area contributed by atoms with Gasteiger partial charge in [-0.2, -0.15) is 0 Å². The fourth-order valence-electron chi connectivity index (χ4n) is 1.17. The maximum Gasteiger partial charge on any atom is 0.303 e. The van der Waals surface area contributed by atoms with Gasteiger partial charge in [0.05, 0.1) is 12.6 Å². The van der Waals surface area contributed by atoms with Crippen LogP contribution >= 0.6 is 0 Å². The zero-order chi connectivity index (χ0) is 12.1. The normalized spacial score (nSPS) is 12.1. The Morgan fingerprint density at radius 3 is 2.75 bits per heavy atom. The van der Waals surface area contributed by atoms with Crippen LogP contribution in [-0.2, 0) is 9.59 Å². The van der Waals surface area contributed by atoms with Crippen molar-refractivity contribution in [2.45, 2.75) is 32.7 Å². The van der Waals surface area contributed by atoms with Gasteiger partial charge >= 0.3 is 5.97 Å². The lowest BCUT2D eigenvalue weighted by Gasteiger charge is -2.09. The fourth-order valence-corrected chi connectivity index (χ4v) is 1.17. The molecule has 1 unspecified atom stereocenters. The Bertz CT molecular complexity index is 386. The summed E-state index contributed by atoms with van der Waals surface area (Å²) in [6.07, 6.45) is 1.35. The van der Waals surface area contributed by atoms with Crippen LogP contribution < -0.4 is 5.32 Å². The predicted molar refractivity (Wildman–Crippen MR) is 54.7 cm³/mol. The first-order valence-electron chi connectivity index (χ1n) is 4.92. The van der Waals surface area contributed by atoms with Gasteiger partial charge in [0.25, 0.3) is 0 Å². The summed E-state index contributed by atoms with van der Waals surface area (Å²) in [5, 5.41) is 11.0. The SMILES string of the molecule is Cc1cnc(C(C)NC(=O)CCC(=O)O)o1. The van der Waals surface area contributed by atoms with Crippen molar-refractivity contribution in [2.75, 3.05) is 0 Å². The summed E-state index contributed by atoms with van der Waals surface area (Å²) in [5.74, 6) is -0.233. The molecular weight excluding hydrogens is 212 g/mol. The number of nitrogens with one attached hydrogen (secondary N) is 1. The number of carboxylic acid groups (broad SMARTS) is 1. The van der Waals surface area contributed by atoms with Crippen molar-refractivity contribution in [3.05, 3.63) is 17.8 Å². The quantitative estimate of drug-likeness (QED) is 0.782. The number of hydrogen-bond donors (Lipinski definition) is 2. The molecule has 0 fully saturated rings. The lowest BCUT2D eigenvalue weighted by Crippen LogP contribution is -2.27. The van der Waals surface area contributed by atoms with Crippen LogP contribution in [0, 0.1) is 6.92 Å². The molecule has 88 valence electrons. The Labute approximate surface area is 92.7 Å². The molecule has 1 aromatic heterocycles. The Morgan fingerprint density at radius 2 is 2.25 bits per heavy atom. The van der Waals surface area contributed by atoms with Crippen LogP contribution in [0.15, 0.2) is 10.6 Å². The maximum absolute atomic E-state index is 11.3. The molecule has 0 aliphatic heterocycles. The van der Waals surface area contributed by atoms with Crippen LogP contribution in [0.2, 0.25) is 0 Å². The van der Waals surface area contributed by atoms with Crippen molar-refractivity contribution in [3.8, 4) is 0 Å². The third kappa shape index (κ3) is 3.72. The monoisotopic (exact) mass is 226 g/mol. The van der Waals surface area contributed by atoms with E-state index in [2.05, 4.69) is 10.3 Å². The molecule has 0 aliphatic rings. The van der Waals surface area contributed by atoms with Gasteiger partial charge in [-0.15, -0.1) is 0 Å². The number of aromatic nitrogens is 1. The lowest BCUT2D eigenvalue weighted by molar-refractivity contribution is -0.138. The van der Waals surface area contributed by atoms with Crippen LogP contribution in [-0.4, -0.2) is 22.0 Å². The minimum Gasteiger partial charge on any atom is -0.481 e. The van der Waals surface area contributed by atoms with Crippen molar-refractivity contribution in [1.82, 2.24) is 10.3 Å². The van der Waals surface area contributed by atoms with E-state index in [0.29, 0.717) is 11.7 Å². The number of oxazole rings is 1. The van der Waals surface area contributed by atoms with E-state index in [4.69, 9.17) is 9.52 Å². The van der Waals surface area contributed by atoms with E-state index in [1.165, 1.54) is 0 Å². The second-order valence-corrected chi connectivity index (χ2v) is 3.49. The van der Waals surface area contributed by atoms with Crippen LogP contribution in [0.1, 0.15) is 37.5 Å². The van der Waals surface area contributed by atoms with Crippen LogP contribution in [0.5, 0.6) is 0 Å². The van der Waals surface area contributed by atoms with E-state index in [1.54, 1.807) is 20.0 Å². The summed E-state index contributed by atoms with van der Waals surface area (Å²) < 4.78 is 5.23. The third-order valence-corrected chi connectivity index (χ3v) is 1.95. The molecule has 6 heteroatoms. The van der Waals surface area contributed by atoms with E-state index in [-0.39, 0.29) is 24.8 Å². The average Bonchev–Trinajstić information content (AvgIpc) is 2.62. The highest BCUT2D eigenvalue weighted by Gasteiger charge is 2.14. The lowest BCUT2D eigenvalue weighted by atomic mass is 10.2. The van der Waals surface area contributed by atoms with Gasteiger partial charge in [0.2, 0.25) is 11.8 Å². The van der Waals surface area contributed by atoms with Gasteiger partial charge in [0, 0.05) is 6.42 Å². The summed E-state index contributed by atoms with van der Waals surface area (Å²) in [7, 11) is 0. The van der Waals surface area contributed by atoms with E-state index in [0.717, 1.165) is 0 Å². The number of amides is 1. The number of carboxylic acids is 1. The number of carbonyl (C=O) groups excluding carboxylic acids is 1. The number of hydrogen-bond acceptors (Lipinski definition) is 4. The molecule has 0 radical (unpaired) electrons. The summed E-state index contributed by atoms with van der Waals surface area (Å²) >= 11 is 0. The van der Waals surface area contributed by atoms with Crippen LogP contribution in [0.3, 0.4) is 0 Å². The van der Waals surface area contributed by atoms with Crippen molar-refractivity contribution in [1.29, 1.82) is 0 Å². The highest BCUT2D eigenvalue weighted by atomic mass is 16.4. The van der Waals surface area contributed by atoms with Gasteiger partial charge in [-0.25, -0.2) is 4.98 Å². The Morgan fingerprint density at radius 1 is 1.56 bits per heavy atom. The number of nitrogens with zero attached hydrogens (tertiary/aromatic N) is 1. The Hall–Kier alpha value is -1.85. The second kappa shape index (κ2) is 5.29. The summed E-state index contributed by atoms with van der Waals surface area (Å²) in [6.45, 7) is 3.49. The van der Waals surface area contributed by atoms with Crippen LogP contribution in [0.25, 0.3) is 0 Å². The molecule has 1 amide bonds. The second-order valence-electron chi connectivity index (χ2n) is 3.49. The average molecular weight is 226 g/mol.